The summed E-state index contributed by atoms with van der Waals surface area (Å²) in [7, 11) is 0. The Kier molecular flexibility index (Phi) is 4.67. The third-order valence-electron chi connectivity index (χ3n) is 3.85. The first kappa shape index (κ1) is 17.0. The third-order valence-corrected chi connectivity index (χ3v) is 4.54. The molecule has 0 fully saturated rings. The van der Waals surface area contributed by atoms with Gasteiger partial charge in [-0.2, -0.15) is 0 Å². The molecule has 0 bridgehead atoms. The summed E-state index contributed by atoms with van der Waals surface area (Å²) >= 11 is 1.33. The van der Waals surface area contributed by atoms with Crippen molar-refractivity contribution in [2.45, 2.75) is 0 Å². The van der Waals surface area contributed by atoms with E-state index in [1.54, 1.807) is 23.7 Å². The van der Waals surface area contributed by atoms with Crippen LogP contribution in [0.4, 0.5) is 5.13 Å². The highest BCUT2D eigenvalue weighted by Gasteiger charge is 2.10. The number of amides is 1. The Morgan fingerprint density at radius 2 is 2.00 bits per heavy atom. The van der Waals surface area contributed by atoms with Crippen molar-refractivity contribution in [3.8, 4) is 16.9 Å². The van der Waals surface area contributed by atoms with Crippen LogP contribution in [0.25, 0.3) is 22.1 Å². The van der Waals surface area contributed by atoms with Crippen molar-refractivity contribution < 1.29 is 13.9 Å². The molecule has 0 radical (unpaired) electrons. The first-order chi connectivity index (χ1) is 13.2. The maximum absolute atomic E-state index is 12.0. The summed E-state index contributed by atoms with van der Waals surface area (Å²) in [5.41, 5.74) is 1.67. The van der Waals surface area contributed by atoms with Crippen LogP contribution >= 0.6 is 11.3 Å². The number of ether oxygens (including phenoxy) is 1. The number of carbonyl (C=O) groups is 1. The molecule has 4 aromatic rings. The molecule has 4 rings (SSSR count). The molecule has 0 aliphatic carbocycles. The van der Waals surface area contributed by atoms with E-state index in [2.05, 4.69) is 10.3 Å². The molecule has 0 spiro atoms. The molecule has 0 atom stereocenters. The van der Waals surface area contributed by atoms with Gasteiger partial charge in [0.2, 0.25) is 0 Å². The van der Waals surface area contributed by atoms with E-state index < -0.39 is 5.63 Å². The number of aromatic nitrogens is 1. The largest absolute Gasteiger partial charge is 0.484 e. The Morgan fingerprint density at radius 3 is 2.78 bits per heavy atom. The van der Waals surface area contributed by atoms with E-state index in [1.807, 2.05) is 36.4 Å². The van der Waals surface area contributed by atoms with Crippen molar-refractivity contribution >= 4 is 33.3 Å². The Morgan fingerprint density at radius 1 is 1.15 bits per heavy atom. The standard InChI is InChI=1S/C20H14N2O4S/c23-18(22-20-21-8-9-27-20)12-25-14-6-7-15-16(13-4-2-1-3-5-13)11-19(24)26-17(15)10-14/h1-11H,12H2,(H,21,22,23). The van der Waals surface area contributed by atoms with Gasteiger partial charge in [0.05, 0.1) is 0 Å². The lowest BCUT2D eigenvalue weighted by Crippen LogP contribution is -2.19. The van der Waals surface area contributed by atoms with Crippen molar-refractivity contribution in [3.63, 3.8) is 0 Å². The second kappa shape index (κ2) is 7.43. The third kappa shape index (κ3) is 3.88. The van der Waals surface area contributed by atoms with E-state index in [1.165, 1.54) is 17.4 Å². The normalized spacial score (nSPS) is 10.7. The first-order valence-electron chi connectivity index (χ1n) is 8.14. The average Bonchev–Trinajstić information content (AvgIpc) is 3.19. The minimum atomic E-state index is -0.444. The van der Waals surface area contributed by atoms with Gasteiger partial charge < -0.3 is 9.15 Å². The van der Waals surface area contributed by atoms with Crippen molar-refractivity contribution in [1.29, 1.82) is 0 Å². The van der Waals surface area contributed by atoms with Crippen LogP contribution in [-0.4, -0.2) is 17.5 Å². The van der Waals surface area contributed by atoms with Crippen LogP contribution in [0.1, 0.15) is 0 Å². The molecule has 134 valence electrons. The molecule has 1 N–H and O–H groups in total. The fourth-order valence-electron chi connectivity index (χ4n) is 2.68. The molecule has 0 unspecified atom stereocenters. The second-order valence-corrected chi connectivity index (χ2v) is 6.57. The number of fused-ring (bicyclic) bond motifs is 1. The molecule has 27 heavy (non-hydrogen) atoms. The zero-order valence-electron chi connectivity index (χ0n) is 14.0. The molecule has 2 aromatic heterocycles. The summed E-state index contributed by atoms with van der Waals surface area (Å²) in [4.78, 5) is 27.8. The molecule has 2 heterocycles. The van der Waals surface area contributed by atoms with E-state index >= 15 is 0 Å². The molecular formula is C20H14N2O4S. The highest BCUT2D eigenvalue weighted by atomic mass is 32.1. The molecule has 0 aliphatic heterocycles. The van der Waals surface area contributed by atoms with Gasteiger partial charge in [0, 0.05) is 29.1 Å². The molecule has 6 nitrogen and oxygen atoms in total. The Labute approximate surface area is 158 Å². The summed E-state index contributed by atoms with van der Waals surface area (Å²) in [5.74, 6) is 0.120. The minimum Gasteiger partial charge on any atom is -0.484 e. The van der Waals surface area contributed by atoms with E-state index in [-0.39, 0.29) is 12.5 Å². The molecule has 2 aromatic carbocycles. The summed E-state index contributed by atoms with van der Waals surface area (Å²) in [5, 5.41) is 5.72. The zero-order valence-corrected chi connectivity index (χ0v) is 14.9. The lowest BCUT2D eigenvalue weighted by Gasteiger charge is -2.09. The van der Waals surface area contributed by atoms with Crippen LogP contribution in [0.15, 0.2) is 75.4 Å². The van der Waals surface area contributed by atoms with Gasteiger partial charge >= 0.3 is 5.63 Å². The summed E-state index contributed by atoms with van der Waals surface area (Å²) in [6, 6.07) is 16.2. The number of rotatable bonds is 5. The lowest BCUT2D eigenvalue weighted by atomic mass is 10.0. The fraction of sp³-hybridized carbons (Fsp3) is 0.0500. The SMILES string of the molecule is O=C(COc1ccc2c(-c3ccccc3)cc(=O)oc2c1)Nc1nccs1. The van der Waals surface area contributed by atoms with Crippen molar-refractivity contribution in [2.75, 3.05) is 11.9 Å². The average molecular weight is 378 g/mol. The Hall–Kier alpha value is -3.45. The number of benzene rings is 2. The van der Waals surface area contributed by atoms with Crippen LogP contribution in [0, 0.1) is 0 Å². The summed E-state index contributed by atoms with van der Waals surface area (Å²) in [6.07, 6.45) is 1.61. The minimum absolute atomic E-state index is 0.173. The van der Waals surface area contributed by atoms with Crippen molar-refractivity contribution in [1.82, 2.24) is 4.98 Å². The Balaban J connectivity index is 1.57. The van der Waals surface area contributed by atoms with Gasteiger partial charge in [-0.15, -0.1) is 11.3 Å². The van der Waals surface area contributed by atoms with Gasteiger partial charge in [0.25, 0.3) is 5.91 Å². The zero-order chi connectivity index (χ0) is 18.6. The smallest absolute Gasteiger partial charge is 0.336 e. The lowest BCUT2D eigenvalue weighted by molar-refractivity contribution is -0.118. The number of nitrogens with zero attached hydrogens (tertiary/aromatic N) is 1. The van der Waals surface area contributed by atoms with Crippen LogP contribution in [0.5, 0.6) is 5.75 Å². The van der Waals surface area contributed by atoms with E-state index in [9.17, 15) is 9.59 Å². The maximum atomic E-state index is 12.0. The molecule has 7 heteroatoms. The van der Waals surface area contributed by atoms with E-state index in [4.69, 9.17) is 9.15 Å². The molecule has 0 aliphatic rings. The number of anilines is 1. The molecule has 0 saturated heterocycles. The number of hydrogen-bond acceptors (Lipinski definition) is 6. The predicted octanol–water partition coefficient (Wildman–Crippen LogP) is 3.93. The molecule has 1 amide bonds. The van der Waals surface area contributed by atoms with Crippen molar-refractivity contribution in [2.24, 2.45) is 0 Å². The quantitative estimate of drug-likeness (QED) is 0.532. The van der Waals surface area contributed by atoms with E-state index in [0.717, 1.165) is 16.5 Å². The summed E-state index contributed by atoms with van der Waals surface area (Å²) in [6.45, 7) is -0.173. The Bertz CT molecular complexity index is 1140. The predicted molar refractivity (Wildman–Crippen MR) is 104 cm³/mol. The van der Waals surface area contributed by atoms with Crippen LogP contribution < -0.4 is 15.7 Å². The van der Waals surface area contributed by atoms with Crippen molar-refractivity contribution in [3.05, 3.63) is 76.6 Å². The van der Waals surface area contributed by atoms with Gasteiger partial charge in [-0.3, -0.25) is 10.1 Å². The van der Waals surface area contributed by atoms with E-state index in [0.29, 0.717) is 16.5 Å². The fourth-order valence-corrected chi connectivity index (χ4v) is 3.22. The molecule has 0 saturated carbocycles. The van der Waals surface area contributed by atoms with Gasteiger partial charge in [0.15, 0.2) is 11.7 Å². The van der Waals surface area contributed by atoms with Gasteiger partial charge in [-0.1, -0.05) is 30.3 Å². The van der Waals surface area contributed by atoms with Gasteiger partial charge in [0.1, 0.15) is 11.3 Å². The first-order valence-corrected chi connectivity index (χ1v) is 9.02. The van der Waals surface area contributed by atoms with Gasteiger partial charge in [-0.05, 0) is 23.3 Å². The molecular weight excluding hydrogens is 364 g/mol. The summed E-state index contributed by atoms with van der Waals surface area (Å²) < 4.78 is 10.8. The van der Waals surface area contributed by atoms with Crippen LogP contribution in [0.2, 0.25) is 0 Å². The highest BCUT2D eigenvalue weighted by molar-refractivity contribution is 7.13. The number of hydrogen-bond donors (Lipinski definition) is 1. The number of thiazole rings is 1. The van der Waals surface area contributed by atoms with Crippen LogP contribution in [0.3, 0.4) is 0 Å². The number of carbonyl (C=O) groups excluding carboxylic acids is 1. The number of nitrogens with one attached hydrogen (secondary N) is 1. The highest BCUT2D eigenvalue weighted by Crippen LogP contribution is 2.29. The monoisotopic (exact) mass is 378 g/mol. The van der Waals surface area contributed by atoms with Crippen LogP contribution in [-0.2, 0) is 4.79 Å². The maximum Gasteiger partial charge on any atom is 0.336 e. The topological polar surface area (TPSA) is 81.4 Å². The van der Waals surface area contributed by atoms with Gasteiger partial charge in [-0.25, -0.2) is 9.78 Å². The second-order valence-electron chi connectivity index (χ2n) is 5.68.